The van der Waals surface area contributed by atoms with Crippen molar-refractivity contribution >= 4 is 23.3 Å². The standard InChI is InChI=1S/C16H19N3O6/c1-4-16(15(21)22)9(2)17-18-13(14(20)25-3)12(16)10-5-7-11(8-6-10)19(23)24/h5-9,12,17H,4H2,1-3H3,(H,21,22). The number of hydrazone groups is 1. The number of nitrogens with one attached hydrogen (secondary N) is 1. The second-order valence-corrected chi connectivity index (χ2v) is 5.82. The van der Waals surface area contributed by atoms with E-state index in [1.807, 2.05) is 0 Å². The largest absolute Gasteiger partial charge is 0.481 e. The number of carbonyl (C=O) groups excluding carboxylic acids is 1. The van der Waals surface area contributed by atoms with Gasteiger partial charge in [0.25, 0.3) is 5.69 Å². The SMILES string of the molecule is CCC1(C(=O)O)C(C)NN=C(C(=O)OC)C1c1ccc([N+](=O)[O-])cc1. The van der Waals surface area contributed by atoms with Gasteiger partial charge in [0.2, 0.25) is 0 Å². The summed E-state index contributed by atoms with van der Waals surface area (Å²) in [6.45, 7) is 3.39. The van der Waals surface area contributed by atoms with Gasteiger partial charge >= 0.3 is 11.9 Å². The average Bonchev–Trinajstić information content (AvgIpc) is 2.60. The third-order valence-electron chi connectivity index (χ3n) is 4.75. The molecule has 0 aliphatic carbocycles. The second-order valence-electron chi connectivity index (χ2n) is 5.82. The highest BCUT2D eigenvalue weighted by Gasteiger charge is 2.55. The van der Waals surface area contributed by atoms with E-state index in [2.05, 4.69) is 10.5 Å². The topological polar surface area (TPSA) is 131 Å². The molecule has 25 heavy (non-hydrogen) atoms. The van der Waals surface area contributed by atoms with Gasteiger partial charge in [0, 0.05) is 12.1 Å². The van der Waals surface area contributed by atoms with Gasteiger partial charge in [-0.05, 0) is 18.9 Å². The van der Waals surface area contributed by atoms with Crippen molar-refractivity contribution in [1.29, 1.82) is 0 Å². The molecular weight excluding hydrogens is 330 g/mol. The summed E-state index contributed by atoms with van der Waals surface area (Å²) in [7, 11) is 1.18. The Labute approximate surface area is 143 Å². The normalized spacial score (nSPS) is 25.5. The Bertz CT molecular complexity index is 730. The van der Waals surface area contributed by atoms with Crippen molar-refractivity contribution in [2.45, 2.75) is 32.2 Å². The lowest BCUT2D eigenvalue weighted by atomic mass is 9.63. The zero-order valence-electron chi connectivity index (χ0n) is 14.1. The van der Waals surface area contributed by atoms with E-state index in [-0.39, 0.29) is 17.8 Å². The van der Waals surface area contributed by atoms with Crippen LogP contribution in [-0.2, 0) is 14.3 Å². The van der Waals surface area contributed by atoms with Crippen LogP contribution in [0.4, 0.5) is 5.69 Å². The molecule has 3 unspecified atom stereocenters. The van der Waals surface area contributed by atoms with E-state index >= 15 is 0 Å². The molecule has 0 radical (unpaired) electrons. The lowest BCUT2D eigenvalue weighted by molar-refractivity contribution is -0.384. The lowest BCUT2D eigenvalue weighted by Gasteiger charge is -2.43. The molecule has 0 amide bonds. The van der Waals surface area contributed by atoms with Gasteiger partial charge in [-0.25, -0.2) is 4.79 Å². The number of rotatable bonds is 5. The van der Waals surface area contributed by atoms with Crippen LogP contribution in [0.25, 0.3) is 0 Å². The summed E-state index contributed by atoms with van der Waals surface area (Å²) < 4.78 is 4.75. The van der Waals surface area contributed by atoms with Crippen molar-refractivity contribution in [3.05, 3.63) is 39.9 Å². The lowest BCUT2D eigenvalue weighted by Crippen LogP contribution is -2.57. The number of non-ortho nitro benzene ring substituents is 1. The number of methoxy groups -OCH3 is 1. The number of benzene rings is 1. The van der Waals surface area contributed by atoms with Crippen molar-refractivity contribution in [2.24, 2.45) is 10.5 Å². The van der Waals surface area contributed by atoms with Crippen molar-refractivity contribution < 1.29 is 24.4 Å². The summed E-state index contributed by atoms with van der Waals surface area (Å²) in [5.74, 6) is -2.74. The first-order valence-corrected chi connectivity index (χ1v) is 7.68. The molecule has 1 heterocycles. The zero-order chi connectivity index (χ0) is 18.8. The first-order chi connectivity index (χ1) is 11.8. The van der Waals surface area contributed by atoms with Gasteiger partial charge in [-0.2, -0.15) is 5.10 Å². The van der Waals surface area contributed by atoms with E-state index in [0.29, 0.717) is 5.56 Å². The maximum absolute atomic E-state index is 12.2. The van der Waals surface area contributed by atoms with Crippen molar-refractivity contribution in [2.75, 3.05) is 7.11 Å². The highest BCUT2D eigenvalue weighted by molar-refractivity contribution is 6.39. The molecule has 9 heteroatoms. The number of nitrogens with zero attached hydrogens (tertiary/aromatic N) is 2. The number of carbonyl (C=O) groups is 2. The van der Waals surface area contributed by atoms with Gasteiger partial charge in [-0.1, -0.05) is 19.1 Å². The van der Waals surface area contributed by atoms with Gasteiger partial charge in [0.05, 0.1) is 24.0 Å². The van der Waals surface area contributed by atoms with Gasteiger partial charge in [-0.3, -0.25) is 14.9 Å². The van der Waals surface area contributed by atoms with Gasteiger partial charge in [0.15, 0.2) is 5.71 Å². The van der Waals surface area contributed by atoms with Crippen LogP contribution in [0, 0.1) is 15.5 Å². The number of ether oxygens (including phenoxy) is 1. The Morgan fingerprint density at radius 3 is 2.44 bits per heavy atom. The fraction of sp³-hybridized carbons (Fsp3) is 0.438. The van der Waals surface area contributed by atoms with Crippen LogP contribution in [0.2, 0.25) is 0 Å². The first kappa shape index (κ1) is 18.4. The van der Waals surface area contributed by atoms with E-state index in [1.54, 1.807) is 13.8 Å². The number of hydrogen-bond acceptors (Lipinski definition) is 7. The Morgan fingerprint density at radius 2 is 2.00 bits per heavy atom. The second kappa shape index (κ2) is 6.88. The number of carboxylic acids is 1. The van der Waals surface area contributed by atoms with E-state index < -0.39 is 34.2 Å². The molecule has 0 saturated heterocycles. The van der Waals surface area contributed by atoms with Crippen LogP contribution < -0.4 is 5.43 Å². The van der Waals surface area contributed by atoms with Crippen molar-refractivity contribution in [3.8, 4) is 0 Å². The first-order valence-electron chi connectivity index (χ1n) is 7.68. The molecule has 1 aliphatic heterocycles. The number of esters is 1. The smallest absolute Gasteiger partial charge is 0.354 e. The molecule has 0 bridgehead atoms. The number of nitro groups is 1. The van der Waals surface area contributed by atoms with Crippen LogP contribution in [-0.4, -0.2) is 40.8 Å². The van der Waals surface area contributed by atoms with Gasteiger partial charge in [0.1, 0.15) is 5.41 Å². The fourth-order valence-electron chi connectivity index (χ4n) is 3.32. The summed E-state index contributed by atoms with van der Waals surface area (Å²) in [4.78, 5) is 34.6. The van der Waals surface area contributed by atoms with Crippen LogP contribution in [0.1, 0.15) is 31.7 Å². The molecule has 2 rings (SSSR count). The molecule has 0 aromatic heterocycles. The van der Waals surface area contributed by atoms with Crippen LogP contribution >= 0.6 is 0 Å². The summed E-state index contributed by atoms with van der Waals surface area (Å²) >= 11 is 0. The zero-order valence-corrected chi connectivity index (χ0v) is 14.1. The van der Waals surface area contributed by atoms with Crippen LogP contribution in [0.5, 0.6) is 0 Å². The summed E-state index contributed by atoms with van der Waals surface area (Å²) in [6.07, 6.45) is 0.216. The molecule has 0 saturated carbocycles. The highest BCUT2D eigenvalue weighted by atomic mass is 16.6. The Hall–Kier alpha value is -2.97. The monoisotopic (exact) mass is 349 g/mol. The van der Waals surface area contributed by atoms with E-state index in [1.165, 1.54) is 31.4 Å². The highest BCUT2D eigenvalue weighted by Crippen LogP contribution is 2.45. The summed E-state index contributed by atoms with van der Waals surface area (Å²) in [5, 5.41) is 24.8. The minimum atomic E-state index is -1.36. The molecule has 0 spiro atoms. The van der Waals surface area contributed by atoms with E-state index in [0.717, 1.165) is 0 Å². The Morgan fingerprint density at radius 1 is 1.40 bits per heavy atom. The van der Waals surface area contributed by atoms with Crippen LogP contribution in [0.3, 0.4) is 0 Å². The number of carboxylic acid groups (broad SMARTS) is 1. The predicted octanol–water partition coefficient (Wildman–Crippen LogP) is 1.68. The minimum absolute atomic E-state index is 0.0706. The fourth-order valence-corrected chi connectivity index (χ4v) is 3.32. The van der Waals surface area contributed by atoms with Gasteiger partial charge < -0.3 is 15.3 Å². The van der Waals surface area contributed by atoms with E-state index in [4.69, 9.17) is 4.74 Å². The average molecular weight is 349 g/mol. The van der Waals surface area contributed by atoms with Crippen LogP contribution in [0.15, 0.2) is 29.4 Å². The molecule has 1 aliphatic rings. The Kier molecular flexibility index (Phi) is 5.05. The molecule has 134 valence electrons. The van der Waals surface area contributed by atoms with E-state index in [9.17, 15) is 24.8 Å². The third kappa shape index (κ3) is 2.92. The number of hydrogen-bond donors (Lipinski definition) is 2. The molecule has 1 aromatic rings. The summed E-state index contributed by atoms with van der Waals surface area (Å²) in [5.41, 5.74) is 1.59. The molecule has 2 N–H and O–H groups in total. The number of nitro benzene ring substituents is 1. The maximum atomic E-state index is 12.2. The summed E-state index contributed by atoms with van der Waals surface area (Å²) in [6, 6.07) is 4.89. The van der Waals surface area contributed by atoms with Crippen molar-refractivity contribution in [3.63, 3.8) is 0 Å². The third-order valence-corrected chi connectivity index (χ3v) is 4.75. The molecule has 1 aromatic carbocycles. The molecule has 3 atom stereocenters. The maximum Gasteiger partial charge on any atom is 0.354 e. The van der Waals surface area contributed by atoms with Crippen molar-refractivity contribution in [1.82, 2.24) is 5.43 Å². The number of aliphatic carboxylic acids is 1. The molecular formula is C16H19N3O6. The minimum Gasteiger partial charge on any atom is -0.481 e. The quantitative estimate of drug-likeness (QED) is 0.469. The van der Waals surface area contributed by atoms with Gasteiger partial charge in [-0.15, -0.1) is 0 Å². The Balaban J connectivity index is 2.67. The predicted molar refractivity (Wildman–Crippen MR) is 88.2 cm³/mol. The molecule has 0 fully saturated rings. The molecule has 9 nitrogen and oxygen atoms in total.